The number of nitrogens with zero attached hydrogens (tertiary/aromatic N) is 3. The highest BCUT2D eigenvalue weighted by Crippen LogP contribution is 2.33. The molecule has 3 rings (SSSR count). The third-order valence-electron chi connectivity index (χ3n) is 4.49. The van der Waals surface area contributed by atoms with Crippen LogP contribution in [-0.4, -0.2) is 32.0 Å². The maximum Gasteiger partial charge on any atom is 0.191 e. The second-order valence-corrected chi connectivity index (χ2v) is 7.46. The van der Waals surface area contributed by atoms with Crippen molar-refractivity contribution in [3.8, 4) is 17.0 Å². The number of anilines is 1. The molecule has 1 heterocycles. The fourth-order valence-electron chi connectivity index (χ4n) is 3.18. The van der Waals surface area contributed by atoms with Crippen molar-refractivity contribution in [1.82, 2.24) is 15.2 Å². The van der Waals surface area contributed by atoms with E-state index in [1.807, 2.05) is 26.0 Å². The smallest absolute Gasteiger partial charge is 0.191 e. The number of aldehydes is 1. The van der Waals surface area contributed by atoms with Crippen LogP contribution in [0.5, 0.6) is 5.75 Å². The normalized spacial score (nSPS) is 11.3. The summed E-state index contributed by atoms with van der Waals surface area (Å²) in [4.78, 5) is 10.7. The summed E-state index contributed by atoms with van der Waals surface area (Å²) in [7, 11) is 1.78. The molecule has 2 aromatic carbocycles. The first-order valence-corrected chi connectivity index (χ1v) is 9.71. The average molecular weight is 422 g/mol. The van der Waals surface area contributed by atoms with E-state index in [2.05, 4.69) is 27.0 Å². The number of carbonyl (C=O) groups excluding carboxylic acids is 1. The van der Waals surface area contributed by atoms with Gasteiger partial charge in [-0.1, -0.05) is 17.2 Å². The van der Waals surface area contributed by atoms with Gasteiger partial charge in [0.05, 0.1) is 5.71 Å². The van der Waals surface area contributed by atoms with Crippen LogP contribution in [0.25, 0.3) is 11.3 Å². The number of hydrogen-bond donors (Lipinski definition) is 3. The zero-order chi connectivity index (χ0) is 21.8. The Bertz CT molecular complexity index is 1110. The molecule has 0 bridgehead atoms. The van der Waals surface area contributed by atoms with Gasteiger partial charge in [-0.2, -0.15) is 10.2 Å². The summed E-state index contributed by atoms with van der Waals surface area (Å²) in [6.45, 7) is 5.77. The Morgan fingerprint density at radius 1 is 1.17 bits per heavy atom. The van der Waals surface area contributed by atoms with Crippen molar-refractivity contribution >= 4 is 35.0 Å². The number of hydrogen-bond acceptors (Lipinski definition) is 5. The van der Waals surface area contributed by atoms with E-state index in [1.54, 1.807) is 42.9 Å². The number of nitrogens with one attached hydrogen (secondary N) is 2. The van der Waals surface area contributed by atoms with Gasteiger partial charge >= 0.3 is 0 Å². The van der Waals surface area contributed by atoms with Crippen molar-refractivity contribution in [2.75, 3.05) is 5.32 Å². The Morgan fingerprint density at radius 3 is 2.40 bits per heavy atom. The molecule has 0 spiro atoms. The van der Waals surface area contributed by atoms with E-state index in [0.29, 0.717) is 22.7 Å². The Hall–Kier alpha value is -3.52. The molecule has 0 aliphatic rings. The predicted octanol–water partition coefficient (Wildman–Crippen LogP) is 3.93. The van der Waals surface area contributed by atoms with Crippen molar-refractivity contribution < 1.29 is 9.90 Å². The first kappa shape index (κ1) is 21.2. The first-order chi connectivity index (χ1) is 14.3. The molecule has 3 aromatic rings. The number of benzene rings is 2. The first-order valence-electron chi connectivity index (χ1n) is 9.30. The molecule has 3 N–H and O–H groups in total. The molecule has 8 heteroatoms. The zero-order valence-corrected chi connectivity index (χ0v) is 18.0. The van der Waals surface area contributed by atoms with E-state index in [-0.39, 0.29) is 10.9 Å². The summed E-state index contributed by atoms with van der Waals surface area (Å²) < 4.78 is 1.64. The molecular formula is C22H23N5O2S. The summed E-state index contributed by atoms with van der Waals surface area (Å²) >= 11 is 5.25. The van der Waals surface area contributed by atoms with Crippen LogP contribution in [0.3, 0.4) is 0 Å². The molecule has 154 valence electrons. The minimum absolute atomic E-state index is 0.0638. The summed E-state index contributed by atoms with van der Waals surface area (Å²) in [6.07, 6.45) is 0.777. The molecule has 0 saturated carbocycles. The van der Waals surface area contributed by atoms with Crippen molar-refractivity contribution in [2.24, 2.45) is 12.1 Å². The van der Waals surface area contributed by atoms with Gasteiger partial charge in [-0.05, 0) is 69.4 Å². The minimum Gasteiger partial charge on any atom is -0.504 e. The van der Waals surface area contributed by atoms with Crippen molar-refractivity contribution in [3.63, 3.8) is 0 Å². The van der Waals surface area contributed by atoms with Crippen LogP contribution >= 0.6 is 12.2 Å². The van der Waals surface area contributed by atoms with Gasteiger partial charge < -0.3 is 10.4 Å². The summed E-state index contributed by atoms with van der Waals surface area (Å²) in [5, 5.41) is 22.7. The van der Waals surface area contributed by atoms with Crippen LogP contribution in [0.2, 0.25) is 0 Å². The Kier molecular flexibility index (Phi) is 6.27. The van der Waals surface area contributed by atoms with Crippen LogP contribution < -0.4 is 10.7 Å². The van der Waals surface area contributed by atoms with E-state index >= 15 is 0 Å². The molecule has 7 nitrogen and oxygen atoms in total. The van der Waals surface area contributed by atoms with Gasteiger partial charge in [0.1, 0.15) is 12.0 Å². The standard InChI is InChI=1S/C22H23N5O2S/c1-13-9-14(2)11-17(10-13)20-21(29)19(26-27(20)4)15(3)24-25-22(30)23-18-7-5-16(12-28)6-8-18/h5-12,29H,1-4H3,(H2,23,25,30)/b24-15+. The second-order valence-electron chi connectivity index (χ2n) is 7.05. The number of hydrazone groups is 1. The maximum atomic E-state index is 10.8. The summed E-state index contributed by atoms with van der Waals surface area (Å²) in [5.41, 5.74) is 8.65. The van der Waals surface area contributed by atoms with E-state index in [4.69, 9.17) is 12.2 Å². The minimum atomic E-state index is 0.0638. The quantitative estimate of drug-likeness (QED) is 0.250. The average Bonchev–Trinajstić information content (AvgIpc) is 3.00. The van der Waals surface area contributed by atoms with Crippen molar-refractivity contribution in [3.05, 3.63) is 64.8 Å². The summed E-state index contributed by atoms with van der Waals surface area (Å²) in [6, 6.07) is 13.0. The third kappa shape index (κ3) is 4.72. The topological polar surface area (TPSA) is 91.5 Å². The fourth-order valence-corrected chi connectivity index (χ4v) is 3.35. The van der Waals surface area contributed by atoms with Crippen LogP contribution in [0.4, 0.5) is 5.69 Å². The zero-order valence-electron chi connectivity index (χ0n) is 17.2. The molecule has 0 saturated heterocycles. The molecular weight excluding hydrogens is 398 g/mol. The largest absolute Gasteiger partial charge is 0.504 e. The molecule has 0 fully saturated rings. The molecule has 0 aliphatic carbocycles. The van der Waals surface area contributed by atoms with Gasteiger partial charge in [0.2, 0.25) is 0 Å². The number of aromatic hydroxyl groups is 1. The van der Waals surface area contributed by atoms with Gasteiger partial charge in [-0.25, -0.2) is 0 Å². The molecule has 0 amide bonds. The highest BCUT2D eigenvalue weighted by Gasteiger charge is 2.19. The Labute approximate surface area is 180 Å². The lowest BCUT2D eigenvalue weighted by atomic mass is 10.0. The maximum absolute atomic E-state index is 10.8. The fraction of sp³-hybridized carbons (Fsp3) is 0.182. The Morgan fingerprint density at radius 2 is 1.80 bits per heavy atom. The number of aromatic nitrogens is 2. The number of thiocarbonyl (C=S) groups is 1. The van der Waals surface area contributed by atoms with E-state index in [0.717, 1.165) is 28.7 Å². The van der Waals surface area contributed by atoms with Crippen LogP contribution in [0, 0.1) is 13.8 Å². The van der Waals surface area contributed by atoms with Gasteiger partial charge in [0.25, 0.3) is 0 Å². The summed E-state index contributed by atoms with van der Waals surface area (Å²) in [5.74, 6) is 0.0638. The molecule has 0 radical (unpaired) electrons. The van der Waals surface area contributed by atoms with E-state index < -0.39 is 0 Å². The highest BCUT2D eigenvalue weighted by atomic mass is 32.1. The molecule has 0 unspecified atom stereocenters. The molecule has 1 aromatic heterocycles. The second kappa shape index (κ2) is 8.87. The van der Waals surface area contributed by atoms with Gasteiger partial charge in [-0.15, -0.1) is 0 Å². The predicted molar refractivity (Wildman–Crippen MR) is 123 cm³/mol. The highest BCUT2D eigenvalue weighted by molar-refractivity contribution is 7.80. The van der Waals surface area contributed by atoms with Gasteiger partial charge in [0.15, 0.2) is 16.6 Å². The lowest BCUT2D eigenvalue weighted by Crippen LogP contribution is -2.25. The third-order valence-corrected chi connectivity index (χ3v) is 4.68. The Balaban J connectivity index is 1.77. The molecule has 30 heavy (non-hydrogen) atoms. The number of carbonyl (C=O) groups is 1. The SMILES string of the molecule is C/C(=N\NC(=S)Nc1ccc(C=O)cc1)c1nn(C)c(-c2cc(C)cc(C)c2)c1O. The lowest BCUT2D eigenvalue weighted by molar-refractivity contribution is 0.112. The number of rotatable bonds is 5. The monoisotopic (exact) mass is 421 g/mol. The van der Waals surface area contributed by atoms with Crippen LogP contribution in [0.15, 0.2) is 47.6 Å². The molecule has 0 aliphatic heterocycles. The van der Waals surface area contributed by atoms with Crippen molar-refractivity contribution in [1.29, 1.82) is 0 Å². The number of aryl methyl sites for hydroxylation is 3. The van der Waals surface area contributed by atoms with Crippen molar-refractivity contribution in [2.45, 2.75) is 20.8 Å². The van der Waals surface area contributed by atoms with Gasteiger partial charge in [0, 0.05) is 23.9 Å². The van der Waals surface area contributed by atoms with Gasteiger partial charge in [-0.3, -0.25) is 14.9 Å². The lowest BCUT2D eigenvalue weighted by Gasteiger charge is -2.08. The van der Waals surface area contributed by atoms with Crippen LogP contribution in [-0.2, 0) is 7.05 Å². The molecule has 0 atom stereocenters. The van der Waals surface area contributed by atoms with E-state index in [9.17, 15) is 9.90 Å². The van der Waals surface area contributed by atoms with Crippen LogP contribution in [0.1, 0.15) is 34.1 Å². The van der Waals surface area contributed by atoms with E-state index in [1.165, 1.54) is 0 Å².